The van der Waals surface area contributed by atoms with E-state index in [2.05, 4.69) is 36.0 Å². The fourth-order valence-corrected chi connectivity index (χ4v) is 3.32. The third-order valence-corrected chi connectivity index (χ3v) is 4.85. The summed E-state index contributed by atoms with van der Waals surface area (Å²) in [5, 5.41) is 11.9. The Labute approximate surface area is 183 Å². The SMILES string of the molecule is CN=C(NCc1nnc2n1CCC2)N(C)CCc1ccc(OC)c(OC)c1.I. The average molecular weight is 500 g/mol. The lowest BCUT2D eigenvalue weighted by Gasteiger charge is -2.22. The third-order valence-electron chi connectivity index (χ3n) is 4.85. The van der Waals surface area contributed by atoms with E-state index >= 15 is 0 Å². The predicted molar refractivity (Wildman–Crippen MR) is 120 cm³/mol. The molecule has 0 unspecified atom stereocenters. The molecule has 0 aliphatic carbocycles. The number of nitrogens with zero attached hydrogens (tertiary/aromatic N) is 5. The van der Waals surface area contributed by atoms with Gasteiger partial charge >= 0.3 is 0 Å². The van der Waals surface area contributed by atoms with Crippen LogP contribution >= 0.6 is 24.0 Å². The lowest BCUT2D eigenvalue weighted by atomic mass is 10.1. The molecule has 8 nitrogen and oxygen atoms in total. The number of hydrogen-bond donors (Lipinski definition) is 1. The molecule has 1 N–H and O–H groups in total. The second-order valence-corrected chi connectivity index (χ2v) is 6.55. The topological polar surface area (TPSA) is 76.8 Å². The Balaban J connectivity index is 0.00000280. The number of aliphatic imine (C=N–C) groups is 1. The van der Waals surface area contributed by atoms with Crippen LogP contribution in [0.25, 0.3) is 0 Å². The predicted octanol–water partition coefficient (Wildman–Crippen LogP) is 2.11. The van der Waals surface area contributed by atoms with Crippen LogP contribution < -0.4 is 14.8 Å². The Kier molecular flexibility index (Phi) is 8.34. The molecule has 0 saturated carbocycles. The fourth-order valence-electron chi connectivity index (χ4n) is 3.32. The van der Waals surface area contributed by atoms with Crippen LogP contribution in [0.15, 0.2) is 23.2 Å². The number of fused-ring (bicyclic) bond motifs is 1. The van der Waals surface area contributed by atoms with Crippen LogP contribution in [0.4, 0.5) is 0 Å². The first-order valence-corrected chi connectivity index (χ1v) is 9.20. The van der Waals surface area contributed by atoms with Gasteiger partial charge in [-0.05, 0) is 30.5 Å². The van der Waals surface area contributed by atoms with Crippen molar-refractivity contribution in [2.24, 2.45) is 4.99 Å². The minimum atomic E-state index is 0. The maximum Gasteiger partial charge on any atom is 0.193 e. The quantitative estimate of drug-likeness (QED) is 0.357. The number of ether oxygens (including phenoxy) is 2. The Hall–Kier alpha value is -2.04. The molecule has 2 heterocycles. The van der Waals surface area contributed by atoms with Crippen molar-refractivity contribution in [2.75, 3.05) is 34.9 Å². The first-order chi connectivity index (χ1) is 13.2. The summed E-state index contributed by atoms with van der Waals surface area (Å²) in [6, 6.07) is 6.01. The Morgan fingerprint density at radius 3 is 2.75 bits per heavy atom. The molecule has 0 atom stereocenters. The van der Waals surface area contributed by atoms with E-state index in [1.165, 1.54) is 5.56 Å². The summed E-state index contributed by atoms with van der Waals surface area (Å²) < 4.78 is 12.9. The molecule has 1 aliphatic heterocycles. The van der Waals surface area contributed by atoms with E-state index in [0.717, 1.165) is 61.5 Å². The second-order valence-electron chi connectivity index (χ2n) is 6.55. The number of guanidine groups is 1. The van der Waals surface area contributed by atoms with Crippen LogP contribution in [-0.2, 0) is 25.9 Å². The summed E-state index contributed by atoms with van der Waals surface area (Å²) in [5.41, 5.74) is 1.19. The monoisotopic (exact) mass is 500 g/mol. The lowest BCUT2D eigenvalue weighted by molar-refractivity contribution is 0.354. The summed E-state index contributed by atoms with van der Waals surface area (Å²) in [6.07, 6.45) is 3.04. The molecular weight excluding hydrogens is 471 g/mol. The first kappa shape index (κ1) is 22.3. The number of halogens is 1. The number of benzene rings is 1. The highest BCUT2D eigenvalue weighted by Crippen LogP contribution is 2.27. The molecule has 1 aromatic carbocycles. The van der Waals surface area contributed by atoms with Gasteiger partial charge in [0.2, 0.25) is 0 Å². The standard InChI is InChI=1S/C19H28N6O2.HI/c1-20-19(21-13-18-23-22-17-6-5-10-25(17)18)24(2)11-9-14-7-8-15(26-3)16(12-14)27-4;/h7-8,12H,5-6,9-11,13H2,1-4H3,(H,20,21);1H. The van der Waals surface area contributed by atoms with Crippen molar-refractivity contribution in [3.05, 3.63) is 35.4 Å². The molecule has 0 spiro atoms. The van der Waals surface area contributed by atoms with Crippen molar-refractivity contribution in [3.63, 3.8) is 0 Å². The highest BCUT2D eigenvalue weighted by atomic mass is 127. The average Bonchev–Trinajstić information content (AvgIpc) is 3.31. The molecule has 0 fully saturated rings. The highest BCUT2D eigenvalue weighted by molar-refractivity contribution is 14.0. The molecule has 0 amide bonds. The van der Waals surface area contributed by atoms with Gasteiger partial charge in [-0.1, -0.05) is 6.07 Å². The Morgan fingerprint density at radius 1 is 1.25 bits per heavy atom. The van der Waals surface area contributed by atoms with E-state index in [9.17, 15) is 0 Å². The van der Waals surface area contributed by atoms with Crippen LogP contribution in [-0.4, -0.2) is 60.5 Å². The van der Waals surface area contributed by atoms with Gasteiger partial charge in [0.25, 0.3) is 0 Å². The number of hydrogen-bond acceptors (Lipinski definition) is 5. The molecule has 9 heteroatoms. The van der Waals surface area contributed by atoms with E-state index < -0.39 is 0 Å². The second kappa shape index (κ2) is 10.5. The van der Waals surface area contributed by atoms with E-state index in [0.29, 0.717) is 6.54 Å². The number of likely N-dealkylation sites (N-methyl/N-ethyl adjacent to an activating group) is 1. The maximum absolute atomic E-state index is 5.38. The highest BCUT2D eigenvalue weighted by Gasteiger charge is 2.17. The van der Waals surface area contributed by atoms with Gasteiger partial charge in [0.15, 0.2) is 23.3 Å². The van der Waals surface area contributed by atoms with E-state index in [4.69, 9.17) is 9.47 Å². The van der Waals surface area contributed by atoms with Gasteiger partial charge in [0.05, 0.1) is 20.8 Å². The molecule has 3 rings (SSSR count). The van der Waals surface area contributed by atoms with E-state index in [1.54, 1.807) is 21.3 Å². The van der Waals surface area contributed by atoms with Gasteiger partial charge in [-0.15, -0.1) is 34.2 Å². The van der Waals surface area contributed by atoms with Crippen LogP contribution in [0.5, 0.6) is 11.5 Å². The van der Waals surface area contributed by atoms with Gasteiger partial charge in [-0.25, -0.2) is 0 Å². The smallest absolute Gasteiger partial charge is 0.193 e. The number of nitrogens with one attached hydrogen (secondary N) is 1. The molecular formula is C19H29IN6O2. The van der Waals surface area contributed by atoms with Gasteiger partial charge < -0.3 is 24.3 Å². The molecule has 2 aromatic rings. The van der Waals surface area contributed by atoms with Crippen molar-refractivity contribution in [3.8, 4) is 11.5 Å². The summed E-state index contributed by atoms with van der Waals surface area (Å²) in [5.74, 6) is 4.39. The van der Waals surface area contributed by atoms with Crippen molar-refractivity contribution in [1.29, 1.82) is 0 Å². The zero-order chi connectivity index (χ0) is 19.2. The number of aromatic nitrogens is 3. The van der Waals surface area contributed by atoms with Crippen molar-refractivity contribution in [2.45, 2.75) is 32.4 Å². The zero-order valence-electron chi connectivity index (χ0n) is 16.9. The molecule has 1 aliphatic rings. The molecule has 28 heavy (non-hydrogen) atoms. The molecule has 0 radical (unpaired) electrons. The number of aryl methyl sites for hydroxylation is 1. The largest absolute Gasteiger partial charge is 0.493 e. The summed E-state index contributed by atoms with van der Waals surface area (Å²) in [6.45, 7) is 2.46. The third kappa shape index (κ3) is 5.06. The van der Waals surface area contributed by atoms with Crippen molar-refractivity contribution in [1.82, 2.24) is 25.0 Å². The fraction of sp³-hybridized carbons (Fsp3) is 0.526. The van der Waals surface area contributed by atoms with Crippen LogP contribution in [0.2, 0.25) is 0 Å². The van der Waals surface area contributed by atoms with Crippen LogP contribution in [0.1, 0.15) is 23.6 Å². The molecule has 154 valence electrons. The Morgan fingerprint density at radius 2 is 2.04 bits per heavy atom. The number of methoxy groups -OCH3 is 2. The van der Waals surface area contributed by atoms with E-state index in [1.807, 2.05) is 19.2 Å². The summed E-state index contributed by atoms with van der Waals surface area (Å²) in [4.78, 5) is 6.49. The normalized spacial score (nSPS) is 12.9. The zero-order valence-corrected chi connectivity index (χ0v) is 19.3. The van der Waals surface area contributed by atoms with Gasteiger partial charge in [-0.3, -0.25) is 4.99 Å². The van der Waals surface area contributed by atoms with Crippen LogP contribution in [0, 0.1) is 0 Å². The maximum atomic E-state index is 5.38. The van der Waals surface area contributed by atoms with Gasteiger partial charge in [0.1, 0.15) is 5.82 Å². The minimum Gasteiger partial charge on any atom is -0.493 e. The van der Waals surface area contributed by atoms with Crippen molar-refractivity contribution >= 4 is 29.9 Å². The molecule has 1 aromatic heterocycles. The lowest BCUT2D eigenvalue weighted by Crippen LogP contribution is -2.40. The van der Waals surface area contributed by atoms with Gasteiger partial charge in [0, 0.05) is 33.6 Å². The molecule has 0 bridgehead atoms. The Bertz CT molecular complexity index is 808. The molecule has 0 saturated heterocycles. The minimum absolute atomic E-state index is 0. The number of rotatable bonds is 7. The van der Waals surface area contributed by atoms with E-state index in [-0.39, 0.29) is 24.0 Å². The van der Waals surface area contributed by atoms with Crippen LogP contribution in [0.3, 0.4) is 0 Å². The first-order valence-electron chi connectivity index (χ1n) is 9.20. The van der Waals surface area contributed by atoms with Gasteiger partial charge in [-0.2, -0.15) is 0 Å². The summed E-state index contributed by atoms with van der Waals surface area (Å²) in [7, 11) is 7.13. The summed E-state index contributed by atoms with van der Waals surface area (Å²) >= 11 is 0. The van der Waals surface area contributed by atoms with Crippen molar-refractivity contribution < 1.29 is 9.47 Å².